The minimum Gasteiger partial charge on any atom is -0.329 e. The van der Waals surface area contributed by atoms with Gasteiger partial charge in [0.25, 0.3) is 0 Å². The number of Topliss-reactive ketones (excluding diaryl/α,β-unsaturated/α-hetero) is 1. The monoisotopic (exact) mass is 168 g/mol. The van der Waals surface area contributed by atoms with Gasteiger partial charge in [0.2, 0.25) is 0 Å². The fraction of sp³-hybridized carbons (Fsp3) is 0.667. The highest BCUT2D eigenvalue weighted by molar-refractivity contribution is 5.77. The molecule has 1 aliphatic heterocycles. The second-order valence-electron chi connectivity index (χ2n) is 3.19. The van der Waals surface area contributed by atoms with Gasteiger partial charge in [-0.2, -0.15) is 0 Å². The van der Waals surface area contributed by atoms with Gasteiger partial charge in [-0.05, 0) is 13.3 Å². The molecule has 3 heteroatoms. The lowest BCUT2D eigenvalue weighted by Gasteiger charge is -2.30. The quantitative estimate of drug-likeness (QED) is 0.611. The first kappa shape index (κ1) is 9.42. The molecule has 1 aliphatic rings. The molecule has 1 unspecified atom stereocenters. The van der Waals surface area contributed by atoms with E-state index in [0.717, 1.165) is 13.0 Å². The van der Waals surface area contributed by atoms with Crippen LogP contribution in [0.2, 0.25) is 0 Å². The molecule has 3 nitrogen and oxygen atoms in total. The zero-order chi connectivity index (χ0) is 8.97. The smallest absolute Gasteiger partial charge is 0.143 e. The SMILES string of the molecule is CC(=O)CN1CCC=CC1CN. The van der Waals surface area contributed by atoms with Gasteiger partial charge in [-0.25, -0.2) is 0 Å². The average molecular weight is 168 g/mol. The van der Waals surface area contributed by atoms with E-state index in [9.17, 15) is 4.79 Å². The van der Waals surface area contributed by atoms with E-state index in [4.69, 9.17) is 5.73 Å². The number of nitrogens with zero attached hydrogens (tertiary/aromatic N) is 1. The van der Waals surface area contributed by atoms with E-state index >= 15 is 0 Å². The highest BCUT2D eigenvalue weighted by Crippen LogP contribution is 2.08. The highest BCUT2D eigenvalue weighted by Gasteiger charge is 2.17. The summed E-state index contributed by atoms with van der Waals surface area (Å²) in [4.78, 5) is 13.0. The maximum Gasteiger partial charge on any atom is 0.143 e. The normalized spacial score (nSPS) is 24.3. The molecule has 0 spiro atoms. The molecule has 0 saturated carbocycles. The van der Waals surface area contributed by atoms with Gasteiger partial charge < -0.3 is 5.73 Å². The van der Waals surface area contributed by atoms with Crippen molar-refractivity contribution in [2.45, 2.75) is 19.4 Å². The minimum atomic E-state index is 0.212. The number of hydrogen-bond acceptors (Lipinski definition) is 3. The van der Waals surface area contributed by atoms with Crippen LogP contribution in [0.5, 0.6) is 0 Å². The molecule has 2 N–H and O–H groups in total. The number of nitrogens with two attached hydrogens (primary N) is 1. The van der Waals surface area contributed by atoms with E-state index in [1.807, 2.05) is 0 Å². The maximum absolute atomic E-state index is 10.9. The number of carbonyl (C=O) groups excluding carboxylic acids is 1. The van der Waals surface area contributed by atoms with Crippen LogP contribution < -0.4 is 5.73 Å². The Labute approximate surface area is 73.2 Å². The number of ketones is 1. The topological polar surface area (TPSA) is 46.3 Å². The minimum absolute atomic E-state index is 0.212. The lowest BCUT2D eigenvalue weighted by atomic mass is 10.1. The maximum atomic E-state index is 10.9. The molecule has 1 heterocycles. The third-order valence-electron chi connectivity index (χ3n) is 2.08. The van der Waals surface area contributed by atoms with Gasteiger partial charge in [0.15, 0.2) is 0 Å². The Morgan fingerprint density at radius 2 is 2.50 bits per heavy atom. The largest absolute Gasteiger partial charge is 0.329 e. The molecule has 0 radical (unpaired) electrons. The summed E-state index contributed by atoms with van der Waals surface area (Å²) in [5.41, 5.74) is 5.57. The van der Waals surface area contributed by atoms with Gasteiger partial charge in [0.1, 0.15) is 5.78 Å². The Morgan fingerprint density at radius 1 is 1.75 bits per heavy atom. The van der Waals surface area contributed by atoms with Crippen LogP contribution >= 0.6 is 0 Å². The predicted molar refractivity (Wildman–Crippen MR) is 48.9 cm³/mol. The number of carbonyl (C=O) groups is 1. The Morgan fingerprint density at radius 3 is 3.08 bits per heavy atom. The Bertz CT molecular complexity index is 189. The van der Waals surface area contributed by atoms with Crippen LogP contribution in [0.3, 0.4) is 0 Å². The standard InChI is InChI=1S/C9H16N2O/c1-8(12)7-11-5-3-2-4-9(11)6-10/h2,4,9H,3,5-7,10H2,1H3. The molecule has 0 fully saturated rings. The second kappa shape index (κ2) is 4.38. The molecular weight excluding hydrogens is 152 g/mol. The summed E-state index contributed by atoms with van der Waals surface area (Å²) in [5.74, 6) is 0.212. The molecule has 68 valence electrons. The van der Waals surface area contributed by atoms with Crippen LogP contribution in [0.25, 0.3) is 0 Å². The summed E-state index contributed by atoms with van der Waals surface area (Å²) in [7, 11) is 0. The first-order chi connectivity index (χ1) is 5.74. The van der Waals surface area contributed by atoms with Crippen molar-refractivity contribution >= 4 is 5.78 Å². The summed E-state index contributed by atoms with van der Waals surface area (Å²) < 4.78 is 0. The van der Waals surface area contributed by atoms with Crippen molar-refractivity contribution in [3.05, 3.63) is 12.2 Å². The summed E-state index contributed by atoms with van der Waals surface area (Å²) in [5, 5.41) is 0. The van der Waals surface area contributed by atoms with Gasteiger partial charge in [-0.15, -0.1) is 0 Å². The molecule has 0 saturated heterocycles. The third kappa shape index (κ3) is 2.43. The van der Waals surface area contributed by atoms with Crippen molar-refractivity contribution in [3.63, 3.8) is 0 Å². The first-order valence-electron chi connectivity index (χ1n) is 4.34. The zero-order valence-electron chi connectivity index (χ0n) is 7.49. The molecule has 0 aromatic rings. The van der Waals surface area contributed by atoms with Crippen LogP contribution in [0.15, 0.2) is 12.2 Å². The third-order valence-corrected chi connectivity index (χ3v) is 2.08. The molecule has 0 aromatic heterocycles. The Hall–Kier alpha value is -0.670. The van der Waals surface area contributed by atoms with Crippen LogP contribution in [0.1, 0.15) is 13.3 Å². The lowest BCUT2D eigenvalue weighted by Crippen LogP contribution is -2.43. The lowest BCUT2D eigenvalue weighted by molar-refractivity contribution is -0.118. The van der Waals surface area contributed by atoms with E-state index < -0.39 is 0 Å². The molecule has 0 bridgehead atoms. The van der Waals surface area contributed by atoms with Crippen molar-refractivity contribution in [2.24, 2.45) is 5.73 Å². The Kier molecular flexibility index (Phi) is 3.44. The van der Waals surface area contributed by atoms with Gasteiger partial charge in [0.05, 0.1) is 6.54 Å². The summed E-state index contributed by atoms with van der Waals surface area (Å²) in [6.45, 7) is 3.71. The molecule has 1 atom stereocenters. The van der Waals surface area contributed by atoms with Crippen LogP contribution in [0, 0.1) is 0 Å². The molecular formula is C9H16N2O. The van der Waals surface area contributed by atoms with Gasteiger partial charge >= 0.3 is 0 Å². The van der Waals surface area contributed by atoms with E-state index in [2.05, 4.69) is 17.1 Å². The van der Waals surface area contributed by atoms with Crippen LogP contribution in [-0.2, 0) is 4.79 Å². The molecule has 0 aromatic carbocycles. The highest BCUT2D eigenvalue weighted by atomic mass is 16.1. The second-order valence-corrected chi connectivity index (χ2v) is 3.19. The number of hydrogen-bond donors (Lipinski definition) is 1. The predicted octanol–water partition coefficient (Wildman–Crippen LogP) is 0.165. The molecule has 12 heavy (non-hydrogen) atoms. The molecule has 0 aliphatic carbocycles. The Balaban J connectivity index is 2.50. The van der Waals surface area contributed by atoms with E-state index in [0.29, 0.717) is 13.1 Å². The fourth-order valence-corrected chi connectivity index (χ4v) is 1.49. The van der Waals surface area contributed by atoms with E-state index in [-0.39, 0.29) is 11.8 Å². The van der Waals surface area contributed by atoms with Gasteiger partial charge in [-0.1, -0.05) is 12.2 Å². The number of rotatable bonds is 3. The van der Waals surface area contributed by atoms with Crippen molar-refractivity contribution in [2.75, 3.05) is 19.6 Å². The van der Waals surface area contributed by atoms with Crippen LogP contribution in [0.4, 0.5) is 0 Å². The average Bonchev–Trinajstić information content (AvgIpc) is 2.04. The molecule has 1 rings (SSSR count). The van der Waals surface area contributed by atoms with Gasteiger partial charge in [0, 0.05) is 19.1 Å². The van der Waals surface area contributed by atoms with Crippen LogP contribution in [-0.4, -0.2) is 36.4 Å². The first-order valence-corrected chi connectivity index (χ1v) is 4.34. The van der Waals surface area contributed by atoms with Crippen molar-refractivity contribution in [3.8, 4) is 0 Å². The van der Waals surface area contributed by atoms with Gasteiger partial charge in [-0.3, -0.25) is 9.69 Å². The zero-order valence-corrected chi connectivity index (χ0v) is 7.49. The van der Waals surface area contributed by atoms with Crippen molar-refractivity contribution in [1.29, 1.82) is 0 Å². The van der Waals surface area contributed by atoms with E-state index in [1.165, 1.54) is 0 Å². The van der Waals surface area contributed by atoms with E-state index in [1.54, 1.807) is 6.92 Å². The summed E-state index contributed by atoms with van der Waals surface area (Å²) >= 11 is 0. The van der Waals surface area contributed by atoms with Crippen molar-refractivity contribution in [1.82, 2.24) is 4.90 Å². The summed E-state index contributed by atoms with van der Waals surface area (Å²) in [6.07, 6.45) is 5.25. The fourth-order valence-electron chi connectivity index (χ4n) is 1.49. The summed E-state index contributed by atoms with van der Waals surface area (Å²) in [6, 6.07) is 0.266. The molecule has 0 amide bonds. The van der Waals surface area contributed by atoms with Crippen molar-refractivity contribution < 1.29 is 4.79 Å².